The number of aromatic nitrogens is 1. The van der Waals surface area contributed by atoms with E-state index in [0.29, 0.717) is 29.2 Å². The molecule has 0 saturated heterocycles. The molecule has 0 radical (unpaired) electrons. The smallest absolute Gasteiger partial charge is 0.231 e. The molecule has 0 spiro atoms. The van der Waals surface area contributed by atoms with Crippen LogP contribution in [0, 0.1) is 0 Å². The van der Waals surface area contributed by atoms with Crippen LogP contribution in [0.15, 0.2) is 40.7 Å². The van der Waals surface area contributed by atoms with E-state index in [2.05, 4.69) is 4.98 Å². The number of primary sulfonamides is 1. The van der Waals surface area contributed by atoms with Gasteiger partial charge in [0.05, 0.1) is 17.3 Å². The maximum Gasteiger partial charge on any atom is 0.231 e. The molecule has 7 nitrogen and oxygen atoms in total. The fraction of sp³-hybridized carbons (Fsp3) is 0.278. The van der Waals surface area contributed by atoms with Gasteiger partial charge in [0.25, 0.3) is 0 Å². The summed E-state index contributed by atoms with van der Waals surface area (Å²) in [7, 11) is -2.27. The van der Waals surface area contributed by atoms with E-state index in [1.807, 2.05) is 12.1 Å². The molecule has 1 atom stereocenters. The predicted molar refractivity (Wildman–Crippen MR) is 110 cm³/mol. The van der Waals surface area contributed by atoms with Crippen LogP contribution in [-0.4, -0.2) is 33.1 Å². The maximum absolute atomic E-state index is 12.2. The Labute approximate surface area is 170 Å². The van der Waals surface area contributed by atoms with Crippen LogP contribution in [0.4, 0.5) is 0 Å². The van der Waals surface area contributed by atoms with Crippen LogP contribution in [0.1, 0.15) is 17.2 Å². The van der Waals surface area contributed by atoms with E-state index in [1.54, 1.807) is 24.3 Å². The number of fused-ring (bicyclic) bond motifs is 2. The van der Waals surface area contributed by atoms with E-state index < -0.39 is 15.3 Å². The molecule has 0 fully saturated rings. The molecule has 3 aromatic rings. The van der Waals surface area contributed by atoms with Gasteiger partial charge in [-0.3, -0.25) is 0 Å². The number of rotatable bonds is 7. The van der Waals surface area contributed by atoms with Crippen molar-refractivity contribution in [2.24, 2.45) is 5.14 Å². The van der Waals surface area contributed by atoms with E-state index in [1.165, 1.54) is 30.2 Å². The molecule has 0 bridgehead atoms. The zero-order valence-corrected chi connectivity index (χ0v) is 17.4. The number of sulfonamides is 1. The Morgan fingerprint density at radius 2 is 2.04 bits per heavy atom. The van der Waals surface area contributed by atoms with Crippen molar-refractivity contribution in [2.75, 3.05) is 19.7 Å². The molecule has 10 heteroatoms. The summed E-state index contributed by atoms with van der Waals surface area (Å²) in [6.45, 7) is 0.228. The van der Waals surface area contributed by atoms with E-state index >= 15 is 0 Å². The number of para-hydroxylation sites is 1. The van der Waals surface area contributed by atoms with Crippen molar-refractivity contribution in [3.63, 3.8) is 0 Å². The summed E-state index contributed by atoms with van der Waals surface area (Å²) in [5, 5.41) is 4.66. The summed E-state index contributed by atoms with van der Waals surface area (Å²) in [6, 6.07) is 10.8. The second kappa shape index (κ2) is 7.78. The van der Waals surface area contributed by atoms with Crippen LogP contribution in [0.5, 0.6) is 17.2 Å². The Morgan fingerprint density at radius 1 is 1.29 bits per heavy atom. The highest BCUT2D eigenvalue weighted by Crippen LogP contribution is 2.40. The van der Waals surface area contributed by atoms with Crippen LogP contribution in [-0.2, 0) is 10.0 Å². The summed E-state index contributed by atoms with van der Waals surface area (Å²) in [6.07, 6.45) is 0.350. The minimum Gasteiger partial charge on any atom is -0.496 e. The van der Waals surface area contributed by atoms with Crippen molar-refractivity contribution >= 4 is 43.3 Å². The van der Waals surface area contributed by atoms with E-state index in [0.717, 1.165) is 20.3 Å². The molecule has 2 heterocycles. The number of methoxy groups -OCH3 is 1. The summed E-state index contributed by atoms with van der Waals surface area (Å²) in [4.78, 5) is 4.60. The van der Waals surface area contributed by atoms with Gasteiger partial charge in [0, 0.05) is 23.4 Å². The topological polar surface area (TPSA) is 101 Å². The fourth-order valence-corrected chi connectivity index (χ4v) is 6.34. The molecule has 148 valence electrons. The van der Waals surface area contributed by atoms with Crippen LogP contribution in [0.25, 0.3) is 10.2 Å². The first-order chi connectivity index (χ1) is 13.5. The van der Waals surface area contributed by atoms with Crippen molar-refractivity contribution in [3.05, 3.63) is 42.0 Å². The summed E-state index contributed by atoms with van der Waals surface area (Å²) in [5.41, 5.74) is 1.41. The molecular weight excluding hydrogens is 420 g/mol. The first-order valence-corrected chi connectivity index (χ1v) is 11.8. The minimum atomic E-state index is -3.78. The molecular formula is C18H18N2O5S3. The molecule has 0 amide bonds. The number of ether oxygens (including phenoxy) is 3. The molecule has 1 aromatic heterocycles. The third kappa shape index (κ3) is 3.90. The number of nitrogens with zero attached hydrogens (tertiary/aromatic N) is 1. The predicted octanol–water partition coefficient (Wildman–Crippen LogP) is 3.55. The normalized spacial score (nSPS) is 14.4. The molecule has 28 heavy (non-hydrogen) atoms. The summed E-state index contributed by atoms with van der Waals surface area (Å²) in [5.74, 6) is 2.48. The van der Waals surface area contributed by atoms with Gasteiger partial charge in [0.2, 0.25) is 16.8 Å². The monoisotopic (exact) mass is 438 g/mol. The lowest BCUT2D eigenvalue weighted by atomic mass is 10.1. The van der Waals surface area contributed by atoms with Crippen molar-refractivity contribution in [3.8, 4) is 17.2 Å². The van der Waals surface area contributed by atoms with Crippen molar-refractivity contribution < 1.29 is 22.6 Å². The highest BCUT2D eigenvalue weighted by molar-refractivity contribution is 8.01. The molecule has 1 aliphatic rings. The zero-order valence-electron chi connectivity index (χ0n) is 15.0. The molecule has 4 rings (SSSR count). The van der Waals surface area contributed by atoms with Gasteiger partial charge in [-0.2, -0.15) is 0 Å². The zero-order chi connectivity index (χ0) is 19.7. The fourth-order valence-electron chi connectivity index (χ4n) is 3.04. The van der Waals surface area contributed by atoms with Crippen LogP contribution < -0.4 is 19.3 Å². The van der Waals surface area contributed by atoms with Crippen molar-refractivity contribution in [1.29, 1.82) is 0 Å². The highest BCUT2D eigenvalue weighted by atomic mass is 32.2. The lowest BCUT2D eigenvalue weighted by molar-refractivity contribution is 0.174. The van der Waals surface area contributed by atoms with Gasteiger partial charge in [-0.05, 0) is 12.5 Å². The number of benzene rings is 2. The van der Waals surface area contributed by atoms with E-state index in [9.17, 15) is 8.42 Å². The largest absolute Gasteiger partial charge is 0.496 e. The average molecular weight is 439 g/mol. The van der Waals surface area contributed by atoms with Gasteiger partial charge in [-0.25, -0.2) is 18.5 Å². The van der Waals surface area contributed by atoms with Gasteiger partial charge in [-0.15, -0.1) is 11.3 Å². The van der Waals surface area contributed by atoms with Crippen LogP contribution in [0.3, 0.4) is 0 Å². The number of hydrogen-bond acceptors (Lipinski definition) is 8. The van der Waals surface area contributed by atoms with Gasteiger partial charge in [0.1, 0.15) is 11.0 Å². The first-order valence-electron chi connectivity index (χ1n) is 8.43. The quantitative estimate of drug-likeness (QED) is 0.563. The Hall–Kier alpha value is -2.01. The molecule has 2 N–H and O–H groups in total. The number of thiazole rings is 1. The Bertz CT molecular complexity index is 1070. The number of hydrogen-bond donors (Lipinski definition) is 1. The van der Waals surface area contributed by atoms with E-state index in [4.69, 9.17) is 19.3 Å². The average Bonchev–Trinajstić information content (AvgIpc) is 3.27. The van der Waals surface area contributed by atoms with Crippen molar-refractivity contribution in [2.45, 2.75) is 16.0 Å². The number of thioether (sulfide) groups is 1. The SMILES string of the molecule is COc1ccccc1C(CCSc1nc2cc3c(cc2s1)OCO3)S(N)(=O)=O. The molecule has 1 unspecified atom stereocenters. The molecule has 1 aliphatic heterocycles. The third-order valence-electron chi connectivity index (χ3n) is 4.35. The Balaban J connectivity index is 1.50. The number of nitrogens with two attached hydrogens (primary N) is 1. The van der Waals surface area contributed by atoms with Gasteiger partial charge in [-0.1, -0.05) is 30.0 Å². The van der Waals surface area contributed by atoms with Gasteiger partial charge < -0.3 is 14.2 Å². The summed E-state index contributed by atoms with van der Waals surface area (Å²) >= 11 is 3.04. The second-order valence-corrected chi connectivity index (χ2v) is 10.2. The maximum atomic E-state index is 12.2. The standard InChI is InChI=1S/C18H18N2O5S3/c1-23-13-5-3-2-4-11(13)17(28(19,21)22)6-7-26-18-20-12-8-14-15(25-10-24-14)9-16(12)27-18/h2-5,8-9,17H,6-7,10H2,1H3,(H2,19,21,22). The minimum absolute atomic E-state index is 0.228. The molecule has 0 aliphatic carbocycles. The Morgan fingerprint density at radius 3 is 2.79 bits per heavy atom. The second-order valence-electron chi connectivity index (χ2n) is 6.11. The first kappa shape index (κ1) is 19.3. The van der Waals surface area contributed by atoms with Gasteiger partial charge >= 0.3 is 0 Å². The lowest BCUT2D eigenvalue weighted by Crippen LogP contribution is -2.22. The van der Waals surface area contributed by atoms with Crippen LogP contribution in [0.2, 0.25) is 0 Å². The molecule has 0 saturated carbocycles. The van der Waals surface area contributed by atoms with Crippen LogP contribution >= 0.6 is 23.1 Å². The Kier molecular flexibility index (Phi) is 5.37. The van der Waals surface area contributed by atoms with Gasteiger partial charge in [0.15, 0.2) is 15.8 Å². The summed E-state index contributed by atoms with van der Waals surface area (Å²) < 4.78 is 42.3. The third-order valence-corrected chi connectivity index (χ3v) is 7.83. The lowest BCUT2D eigenvalue weighted by Gasteiger charge is -2.17. The van der Waals surface area contributed by atoms with Crippen molar-refractivity contribution in [1.82, 2.24) is 4.98 Å². The molecule has 2 aromatic carbocycles. The highest BCUT2D eigenvalue weighted by Gasteiger charge is 2.26. The van der Waals surface area contributed by atoms with E-state index in [-0.39, 0.29) is 6.79 Å².